The summed E-state index contributed by atoms with van der Waals surface area (Å²) in [6.45, 7) is 6.70. The molecular formula is C9H20N2O6. The lowest BCUT2D eigenvalue weighted by Crippen LogP contribution is -2.18. The molecule has 8 nitrogen and oxygen atoms in total. The maximum atomic E-state index is 9.00. The van der Waals surface area contributed by atoms with E-state index in [1.807, 2.05) is 0 Å². The van der Waals surface area contributed by atoms with Gasteiger partial charge in [0.05, 0.1) is 26.4 Å². The average Bonchev–Trinajstić information content (AvgIpc) is 2.32. The lowest BCUT2D eigenvalue weighted by molar-refractivity contribution is -0.122. The Morgan fingerprint density at radius 1 is 1.06 bits per heavy atom. The van der Waals surface area contributed by atoms with Crippen LogP contribution in [0.25, 0.3) is 0 Å². The molecule has 0 aliphatic carbocycles. The molecule has 0 heterocycles. The molecule has 0 rings (SSSR count). The number of amides is 2. The van der Waals surface area contributed by atoms with Gasteiger partial charge in [-0.15, -0.1) is 13.2 Å². The van der Waals surface area contributed by atoms with E-state index < -0.39 is 6.03 Å². The lowest BCUT2D eigenvalue weighted by atomic mass is 10.7. The molecule has 6 N–H and O–H groups in total. The van der Waals surface area contributed by atoms with Gasteiger partial charge in [-0.25, -0.2) is 4.79 Å². The third-order valence-corrected chi connectivity index (χ3v) is 0.527. The zero-order valence-corrected chi connectivity index (χ0v) is 9.58. The van der Waals surface area contributed by atoms with Crippen molar-refractivity contribution in [2.75, 3.05) is 26.4 Å². The summed E-state index contributed by atoms with van der Waals surface area (Å²) in [5.74, 6) is 0. The zero-order valence-electron chi connectivity index (χ0n) is 9.58. The van der Waals surface area contributed by atoms with Gasteiger partial charge in [-0.1, -0.05) is 0 Å². The minimum atomic E-state index is -0.833. The van der Waals surface area contributed by atoms with Gasteiger partial charge >= 0.3 is 6.03 Å². The van der Waals surface area contributed by atoms with Gasteiger partial charge in [-0.05, 0) is 0 Å². The number of aldehydes is 2. The van der Waals surface area contributed by atoms with E-state index in [1.54, 1.807) is 0 Å². The average molecular weight is 252 g/mol. The van der Waals surface area contributed by atoms with Crippen molar-refractivity contribution in [3.8, 4) is 0 Å². The van der Waals surface area contributed by atoms with Crippen molar-refractivity contribution in [2.45, 2.75) is 0 Å². The molecule has 102 valence electrons. The quantitative estimate of drug-likeness (QED) is 0.196. The van der Waals surface area contributed by atoms with E-state index in [4.69, 9.17) is 24.6 Å². The fourth-order valence-electron chi connectivity index (χ4n) is 0.231. The van der Waals surface area contributed by atoms with Crippen molar-refractivity contribution in [2.24, 2.45) is 11.5 Å². The minimum absolute atomic E-state index is 0.0278. The first-order chi connectivity index (χ1) is 8.06. The number of aliphatic hydroxyl groups excluding tert-OH is 2. The van der Waals surface area contributed by atoms with Crippen LogP contribution in [0.4, 0.5) is 4.79 Å². The van der Waals surface area contributed by atoms with Crippen LogP contribution in [-0.2, 0) is 14.3 Å². The molecule has 0 spiro atoms. The predicted molar refractivity (Wildman–Crippen MR) is 62.1 cm³/mol. The number of primary amides is 2. The summed E-state index contributed by atoms with van der Waals surface area (Å²) >= 11 is 0. The van der Waals surface area contributed by atoms with Crippen LogP contribution in [0, 0.1) is 0 Å². The van der Waals surface area contributed by atoms with Crippen molar-refractivity contribution in [3.05, 3.63) is 13.2 Å². The SMILES string of the molecule is C=C.NC(N)=O.O=CC=O.OCCOCCO. The molecular weight excluding hydrogens is 232 g/mol. The maximum absolute atomic E-state index is 9.00. The maximum Gasteiger partial charge on any atom is 0.309 e. The Hall–Kier alpha value is -1.77. The zero-order chi connectivity index (χ0) is 14.5. The van der Waals surface area contributed by atoms with Gasteiger partial charge in [0.25, 0.3) is 0 Å². The smallest absolute Gasteiger partial charge is 0.309 e. The van der Waals surface area contributed by atoms with Crippen LogP contribution >= 0.6 is 0 Å². The summed E-state index contributed by atoms with van der Waals surface area (Å²) in [6, 6.07) is -0.833. The summed E-state index contributed by atoms with van der Waals surface area (Å²) in [6.07, 6.45) is 0.389. The van der Waals surface area contributed by atoms with E-state index in [0.717, 1.165) is 0 Å². The monoisotopic (exact) mass is 252 g/mol. The Morgan fingerprint density at radius 3 is 1.41 bits per heavy atom. The lowest BCUT2D eigenvalue weighted by Gasteiger charge is -1.94. The van der Waals surface area contributed by atoms with Gasteiger partial charge < -0.3 is 26.4 Å². The number of rotatable bonds is 5. The summed E-state index contributed by atoms with van der Waals surface area (Å²) in [5, 5.41) is 16.2. The number of nitrogens with two attached hydrogens (primary N) is 2. The molecule has 0 unspecified atom stereocenters. The van der Waals surface area contributed by atoms with Crippen LogP contribution < -0.4 is 11.5 Å². The van der Waals surface area contributed by atoms with E-state index in [1.165, 1.54) is 0 Å². The third kappa shape index (κ3) is 204. The molecule has 0 bridgehead atoms. The Kier molecular flexibility index (Phi) is 52.9. The van der Waals surface area contributed by atoms with E-state index in [-0.39, 0.29) is 25.8 Å². The van der Waals surface area contributed by atoms with Crippen molar-refractivity contribution >= 4 is 18.6 Å². The van der Waals surface area contributed by atoms with E-state index in [2.05, 4.69) is 29.4 Å². The van der Waals surface area contributed by atoms with Crippen LogP contribution in [0.2, 0.25) is 0 Å². The highest BCUT2D eigenvalue weighted by molar-refractivity contribution is 6.09. The fourth-order valence-corrected chi connectivity index (χ4v) is 0.231. The van der Waals surface area contributed by atoms with Crippen LogP contribution in [-0.4, -0.2) is 55.2 Å². The second-order valence-electron chi connectivity index (χ2n) is 1.73. The highest BCUT2D eigenvalue weighted by atomic mass is 16.5. The largest absolute Gasteiger partial charge is 0.394 e. The first kappa shape index (κ1) is 24.5. The number of aliphatic hydroxyl groups is 2. The molecule has 0 fully saturated rings. The van der Waals surface area contributed by atoms with E-state index in [9.17, 15) is 0 Å². The van der Waals surface area contributed by atoms with Crippen molar-refractivity contribution in [1.29, 1.82) is 0 Å². The van der Waals surface area contributed by atoms with Gasteiger partial charge in [0.2, 0.25) is 0 Å². The van der Waals surface area contributed by atoms with Gasteiger partial charge in [0.1, 0.15) is 0 Å². The molecule has 0 aromatic heterocycles. The fraction of sp³-hybridized carbons (Fsp3) is 0.444. The molecule has 0 aromatic carbocycles. The van der Waals surface area contributed by atoms with Crippen LogP contribution in [0.5, 0.6) is 0 Å². The second-order valence-corrected chi connectivity index (χ2v) is 1.73. The van der Waals surface area contributed by atoms with Gasteiger partial charge in [-0.3, -0.25) is 9.59 Å². The number of carbonyl (C=O) groups is 3. The van der Waals surface area contributed by atoms with Crippen molar-refractivity contribution in [1.82, 2.24) is 0 Å². The second kappa shape index (κ2) is 36.8. The third-order valence-electron chi connectivity index (χ3n) is 0.527. The standard InChI is InChI=1S/C4H10O3.C2H2O2.C2H4.CH4N2O/c5-1-3-7-4-2-6;3-1-2-4;1-2;2-1(3)4/h5-6H,1-4H2;1-2H;1-2H2;(H4,2,3,4). The summed E-state index contributed by atoms with van der Waals surface area (Å²) in [5.41, 5.74) is 8.50. The Labute approximate surface area is 99.9 Å². The van der Waals surface area contributed by atoms with Crippen molar-refractivity contribution < 1.29 is 29.3 Å². The number of hydrogen-bond acceptors (Lipinski definition) is 6. The van der Waals surface area contributed by atoms with Crippen LogP contribution in [0.15, 0.2) is 13.2 Å². The molecule has 0 atom stereocenters. The normalized spacial score (nSPS) is 6.71. The van der Waals surface area contributed by atoms with E-state index in [0.29, 0.717) is 13.2 Å². The Morgan fingerprint density at radius 2 is 1.29 bits per heavy atom. The highest BCUT2D eigenvalue weighted by Gasteiger charge is 1.79. The molecule has 0 radical (unpaired) electrons. The summed E-state index contributed by atoms with van der Waals surface area (Å²) in [4.78, 5) is 26.6. The van der Waals surface area contributed by atoms with Crippen LogP contribution in [0.1, 0.15) is 0 Å². The number of hydrogen-bond donors (Lipinski definition) is 4. The predicted octanol–water partition coefficient (Wildman–Crippen LogP) is -1.80. The van der Waals surface area contributed by atoms with E-state index >= 15 is 0 Å². The number of urea groups is 1. The Bertz CT molecular complexity index is 152. The molecule has 17 heavy (non-hydrogen) atoms. The Balaban J connectivity index is -0.0000000733. The molecule has 8 heteroatoms. The molecule has 0 aliphatic heterocycles. The first-order valence-corrected chi connectivity index (χ1v) is 4.30. The van der Waals surface area contributed by atoms with Gasteiger partial charge in [-0.2, -0.15) is 0 Å². The van der Waals surface area contributed by atoms with Gasteiger partial charge in [0.15, 0.2) is 12.6 Å². The highest BCUT2D eigenvalue weighted by Crippen LogP contribution is 1.68. The number of ether oxygens (including phenoxy) is 1. The molecule has 0 saturated heterocycles. The van der Waals surface area contributed by atoms with Crippen LogP contribution in [0.3, 0.4) is 0 Å². The minimum Gasteiger partial charge on any atom is -0.394 e. The molecule has 2 amide bonds. The summed E-state index contributed by atoms with van der Waals surface area (Å²) in [7, 11) is 0. The number of carbonyl (C=O) groups excluding carboxylic acids is 3. The molecule has 0 saturated carbocycles. The molecule has 0 aliphatic rings. The molecule has 0 aromatic rings. The summed E-state index contributed by atoms with van der Waals surface area (Å²) < 4.78 is 4.63. The van der Waals surface area contributed by atoms with Gasteiger partial charge in [0, 0.05) is 0 Å². The van der Waals surface area contributed by atoms with Crippen molar-refractivity contribution in [3.63, 3.8) is 0 Å². The first-order valence-electron chi connectivity index (χ1n) is 4.30. The topological polar surface area (TPSA) is 153 Å².